The van der Waals surface area contributed by atoms with Crippen LogP contribution < -0.4 is 0 Å². The molecular formula is C24H23BrN4O2. The van der Waals surface area contributed by atoms with Gasteiger partial charge in [0.05, 0.1) is 16.6 Å². The Balaban J connectivity index is 1.58. The molecule has 7 heteroatoms. The second-order valence-corrected chi connectivity index (χ2v) is 9.20. The number of halogens is 1. The van der Waals surface area contributed by atoms with Gasteiger partial charge in [-0.2, -0.15) is 0 Å². The Morgan fingerprint density at radius 2 is 1.61 bits per heavy atom. The SMILES string of the molecule is Cc1cc2nc3c4cc(Br)ccc4n(CCCN4C(=O)CCCC4=O)c3nc2cc1C. The third-order valence-corrected chi connectivity index (χ3v) is 6.66. The van der Waals surface area contributed by atoms with Gasteiger partial charge in [-0.1, -0.05) is 15.9 Å². The van der Waals surface area contributed by atoms with Crippen LogP contribution in [0, 0.1) is 13.8 Å². The van der Waals surface area contributed by atoms with Gasteiger partial charge in [0, 0.05) is 35.8 Å². The van der Waals surface area contributed by atoms with Crippen LogP contribution in [0.15, 0.2) is 34.8 Å². The molecule has 158 valence electrons. The number of aryl methyl sites for hydroxylation is 3. The summed E-state index contributed by atoms with van der Waals surface area (Å²) in [6.07, 6.45) is 2.27. The number of fused-ring (bicyclic) bond motifs is 4. The van der Waals surface area contributed by atoms with Gasteiger partial charge in [0.25, 0.3) is 0 Å². The first kappa shape index (κ1) is 20.1. The molecule has 2 aromatic carbocycles. The first-order valence-electron chi connectivity index (χ1n) is 10.6. The average molecular weight is 479 g/mol. The molecule has 0 radical (unpaired) electrons. The first-order chi connectivity index (χ1) is 14.9. The van der Waals surface area contributed by atoms with Crippen molar-refractivity contribution in [2.75, 3.05) is 6.54 Å². The molecule has 0 bridgehead atoms. The predicted octanol–water partition coefficient (Wildman–Crippen LogP) is 5.05. The third-order valence-electron chi connectivity index (χ3n) is 6.17. The molecule has 0 saturated carbocycles. The van der Waals surface area contributed by atoms with Gasteiger partial charge in [-0.25, -0.2) is 9.97 Å². The zero-order valence-electron chi connectivity index (χ0n) is 17.6. The van der Waals surface area contributed by atoms with Crippen LogP contribution in [0.4, 0.5) is 0 Å². The maximum atomic E-state index is 12.1. The van der Waals surface area contributed by atoms with Crippen LogP contribution in [0.3, 0.4) is 0 Å². The minimum Gasteiger partial charge on any atom is -0.324 e. The van der Waals surface area contributed by atoms with E-state index in [-0.39, 0.29) is 11.8 Å². The lowest BCUT2D eigenvalue weighted by molar-refractivity contribution is -0.148. The quantitative estimate of drug-likeness (QED) is 0.385. The summed E-state index contributed by atoms with van der Waals surface area (Å²) < 4.78 is 3.16. The van der Waals surface area contributed by atoms with Crippen LogP contribution in [-0.2, 0) is 16.1 Å². The molecular weight excluding hydrogens is 456 g/mol. The van der Waals surface area contributed by atoms with Crippen LogP contribution in [-0.4, -0.2) is 37.8 Å². The normalized spacial score (nSPS) is 15.0. The molecule has 1 aliphatic heterocycles. The summed E-state index contributed by atoms with van der Waals surface area (Å²) in [5.74, 6) is -0.113. The molecule has 6 nitrogen and oxygen atoms in total. The highest BCUT2D eigenvalue weighted by atomic mass is 79.9. The van der Waals surface area contributed by atoms with Crippen molar-refractivity contribution in [1.82, 2.24) is 19.4 Å². The van der Waals surface area contributed by atoms with E-state index < -0.39 is 0 Å². The number of hydrogen-bond acceptors (Lipinski definition) is 4. The summed E-state index contributed by atoms with van der Waals surface area (Å²) in [6, 6.07) is 10.3. The number of nitrogens with zero attached hydrogens (tertiary/aromatic N) is 4. The number of likely N-dealkylation sites (tertiary alicyclic amines) is 1. The van der Waals surface area contributed by atoms with Gasteiger partial charge < -0.3 is 4.57 Å². The number of aromatic nitrogens is 3. The maximum absolute atomic E-state index is 12.1. The Labute approximate surface area is 188 Å². The fourth-order valence-electron chi connectivity index (χ4n) is 4.38. The number of hydrogen-bond donors (Lipinski definition) is 0. The number of imide groups is 1. The standard InChI is InChI=1S/C24H23BrN4O2/c1-14-11-18-19(12-15(14)2)27-24-23(26-18)17-13-16(25)7-8-20(17)28(24)9-4-10-29-21(30)5-3-6-22(29)31/h7-8,11-13H,3-6,9-10H2,1-2H3. The van der Waals surface area contributed by atoms with E-state index in [0.29, 0.717) is 38.8 Å². The molecule has 4 aromatic rings. The van der Waals surface area contributed by atoms with E-state index in [9.17, 15) is 9.59 Å². The van der Waals surface area contributed by atoms with E-state index in [4.69, 9.17) is 9.97 Å². The predicted molar refractivity (Wildman–Crippen MR) is 125 cm³/mol. The van der Waals surface area contributed by atoms with Crippen LogP contribution in [0.2, 0.25) is 0 Å². The van der Waals surface area contributed by atoms with E-state index in [2.05, 4.69) is 58.6 Å². The molecule has 0 atom stereocenters. The van der Waals surface area contributed by atoms with Gasteiger partial charge in [-0.05, 0) is 68.1 Å². The number of carbonyl (C=O) groups is 2. The molecule has 5 rings (SSSR count). The Hall–Kier alpha value is -2.80. The van der Waals surface area contributed by atoms with Gasteiger partial charge >= 0.3 is 0 Å². The molecule has 0 spiro atoms. The lowest BCUT2D eigenvalue weighted by Gasteiger charge is -2.24. The number of benzene rings is 2. The highest BCUT2D eigenvalue weighted by Crippen LogP contribution is 2.31. The van der Waals surface area contributed by atoms with Gasteiger partial charge in [0.1, 0.15) is 5.52 Å². The van der Waals surface area contributed by atoms with Crippen molar-refractivity contribution in [3.05, 3.63) is 45.9 Å². The average Bonchev–Trinajstić information content (AvgIpc) is 3.01. The topological polar surface area (TPSA) is 68.1 Å². The minimum absolute atomic E-state index is 0.0565. The molecule has 1 saturated heterocycles. The Kier molecular flexibility index (Phi) is 5.01. The van der Waals surface area contributed by atoms with E-state index in [1.54, 1.807) is 0 Å². The second kappa shape index (κ2) is 7.71. The zero-order chi connectivity index (χ0) is 21.7. The Morgan fingerprint density at radius 1 is 0.935 bits per heavy atom. The third kappa shape index (κ3) is 3.51. The zero-order valence-corrected chi connectivity index (χ0v) is 19.2. The minimum atomic E-state index is -0.0565. The van der Waals surface area contributed by atoms with Crippen molar-refractivity contribution >= 4 is 60.8 Å². The van der Waals surface area contributed by atoms with Crippen molar-refractivity contribution in [1.29, 1.82) is 0 Å². The molecule has 3 heterocycles. The summed E-state index contributed by atoms with van der Waals surface area (Å²) in [4.78, 5) is 35.6. The fraction of sp³-hybridized carbons (Fsp3) is 0.333. The molecule has 2 amide bonds. The van der Waals surface area contributed by atoms with Crippen LogP contribution in [0.5, 0.6) is 0 Å². The lowest BCUT2D eigenvalue weighted by Crippen LogP contribution is -2.40. The van der Waals surface area contributed by atoms with Crippen molar-refractivity contribution in [2.45, 2.75) is 46.1 Å². The van der Waals surface area contributed by atoms with Gasteiger partial charge in [0.15, 0.2) is 5.65 Å². The second-order valence-electron chi connectivity index (χ2n) is 8.28. The molecule has 0 N–H and O–H groups in total. The largest absolute Gasteiger partial charge is 0.324 e. The van der Waals surface area contributed by atoms with Crippen molar-refractivity contribution in [3.8, 4) is 0 Å². The maximum Gasteiger partial charge on any atom is 0.229 e. The number of rotatable bonds is 4. The molecule has 31 heavy (non-hydrogen) atoms. The van der Waals surface area contributed by atoms with E-state index in [1.165, 1.54) is 16.0 Å². The molecule has 0 unspecified atom stereocenters. The van der Waals surface area contributed by atoms with E-state index in [0.717, 1.165) is 37.6 Å². The lowest BCUT2D eigenvalue weighted by atomic mass is 10.1. The summed E-state index contributed by atoms with van der Waals surface area (Å²) in [5.41, 5.74) is 6.91. The smallest absolute Gasteiger partial charge is 0.229 e. The number of amides is 2. The summed E-state index contributed by atoms with van der Waals surface area (Å²) in [5, 5.41) is 1.04. The number of carbonyl (C=O) groups excluding carboxylic acids is 2. The highest BCUT2D eigenvalue weighted by Gasteiger charge is 2.25. The van der Waals surface area contributed by atoms with E-state index >= 15 is 0 Å². The van der Waals surface area contributed by atoms with Gasteiger partial charge in [-0.3, -0.25) is 14.5 Å². The van der Waals surface area contributed by atoms with Crippen molar-refractivity contribution < 1.29 is 9.59 Å². The molecule has 0 aliphatic carbocycles. The Morgan fingerprint density at radius 3 is 2.32 bits per heavy atom. The van der Waals surface area contributed by atoms with Crippen molar-refractivity contribution in [3.63, 3.8) is 0 Å². The van der Waals surface area contributed by atoms with Crippen LogP contribution in [0.1, 0.15) is 36.8 Å². The highest BCUT2D eigenvalue weighted by molar-refractivity contribution is 9.10. The molecule has 2 aromatic heterocycles. The monoisotopic (exact) mass is 478 g/mol. The van der Waals surface area contributed by atoms with Crippen LogP contribution >= 0.6 is 15.9 Å². The first-order valence-corrected chi connectivity index (χ1v) is 11.4. The van der Waals surface area contributed by atoms with Crippen molar-refractivity contribution in [2.24, 2.45) is 0 Å². The summed E-state index contributed by atoms with van der Waals surface area (Å²) in [6.45, 7) is 5.27. The van der Waals surface area contributed by atoms with Gasteiger partial charge in [0.2, 0.25) is 11.8 Å². The fourth-order valence-corrected chi connectivity index (χ4v) is 4.74. The summed E-state index contributed by atoms with van der Waals surface area (Å²) >= 11 is 3.58. The van der Waals surface area contributed by atoms with Crippen LogP contribution in [0.25, 0.3) is 33.1 Å². The summed E-state index contributed by atoms with van der Waals surface area (Å²) in [7, 11) is 0. The molecule has 1 aliphatic rings. The van der Waals surface area contributed by atoms with E-state index in [1.807, 2.05) is 6.07 Å². The Bertz CT molecular complexity index is 1360. The molecule has 1 fully saturated rings. The van der Waals surface area contributed by atoms with Gasteiger partial charge in [-0.15, -0.1) is 0 Å². The number of piperidine rings is 1.